The summed E-state index contributed by atoms with van der Waals surface area (Å²) in [5.74, 6) is -0.0116. The average Bonchev–Trinajstić information content (AvgIpc) is 2.77. The van der Waals surface area contributed by atoms with Gasteiger partial charge in [0.25, 0.3) is 5.91 Å². The molecule has 0 radical (unpaired) electrons. The van der Waals surface area contributed by atoms with Crippen LogP contribution in [0.1, 0.15) is 34.3 Å². The molecule has 3 aromatic rings. The third-order valence-corrected chi connectivity index (χ3v) is 6.39. The third-order valence-electron chi connectivity index (χ3n) is 4.99. The Hall–Kier alpha value is -2.83. The van der Waals surface area contributed by atoms with Crippen LogP contribution in [0.5, 0.6) is 0 Å². The lowest BCUT2D eigenvalue weighted by atomic mass is 10.0. The highest BCUT2D eigenvalue weighted by atomic mass is 35.5. The molecule has 31 heavy (non-hydrogen) atoms. The highest BCUT2D eigenvalue weighted by Gasteiger charge is 2.18. The molecule has 0 bridgehead atoms. The monoisotopic (exact) mass is 456 g/mol. The molecule has 1 N–H and O–H groups in total. The SMILES string of the molecule is CC(CNC(=O)c1ccc(N(Cc2ccc(Cl)cc2)S(C)(=O)=O)cc1)c1ccccc1. The van der Waals surface area contributed by atoms with E-state index in [9.17, 15) is 13.2 Å². The summed E-state index contributed by atoms with van der Waals surface area (Å²) in [6.45, 7) is 2.74. The van der Waals surface area contributed by atoms with Gasteiger partial charge in [0, 0.05) is 17.1 Å². The first kappa shape index (κ1) is 22.8. The van der Waals surface area contributed by atoms with Crippen molar-refractivity contribution in [1.29, 1.82) is 0 Å². The van der Waals surface area contributed by atoms with E-state index >= 15 is 0 Å². The summed E-state index contributed by atoms with van der Waals surface area (Å²) in [6, 6.07) is 23.6. The fourth-order valence-corrected chi connectivity index (χ4v) is 4.20. The molecule has 162 valence electrons. The normalized spacial score (nSPS) is 12.2. The second kappa shape index (κ2) is 9.98. The van der Waals surface area contributed by atoms with Crippen molar-refractivity contribution in [2.24, 2.45) is 0 Å². The van der Waals surface area contributed by atoms with Crippen LogP contribution in [0, 0.1) is 0 Å². The fourth-order valence-electron chi connectivity index (χ4n) is 3.18. The van der Waals surface area contributed by atoms with Crippen molar-refractivity contribution in [1.82, 2.24) is 5.32 Å². The van der Waals surface area contributed by atoms with Crippen molar-refractivity contribution in [2.75, 3.05) is 17.1 Å². The number of nitrogens with one attached hydrogen (secondary N) is 1. The smallest absolute Gasteiger partial charge is 0.251 e. The van der Waals surface area contributed by atoms with Crippen LogP contribution in [-0.2, 0) is 16.6 Å². The molecule has 0 spiro atoms. The minimum Gasteiger partial charge on any atom is -0.351 e. The van der Waals surface area contributed by atoms with Crippen LogP contribution in [0.25, 0.3) is 0 Å². The van der Waals surface area contributed by atoms with E-state index in [0.717, 1.165) is 17.4 Å². The van der Waals surface area contributed by atoms with Crippen molar-refractivity contribution in [3.8, 4) is 0 Å². The van der Waals surface area contributed by atoms with E-state index in [1.54, 1.807) is 48.5 Å². The van der Waals surface area contributed by atoms with Gasteiger partial charge in [-0.15, -0.1) is 0 Å². The van der Waals surface area contributed by atoms with Gasteiger partial charge >= 0.3 is 0 Å². The van der Waals surface area contributed by atoms with Gasteiger partial charge < -0.3 is 5.32 Å². The molecule has 0 saturated carbocycles. The van der Waals surface area contributed by atoms with Crippen LogP contribution in [0.4, 0.5) is 5.69 Å². The summed E-state index contributed by atoms with van der Waals surface area (Å²) < 4.78 is 26.0. The van der Waals surface area contributed by atoms with E-state index in [-0.39, 0.29) is 18.4 Å². The van der Waals surface area contributed by atoms with Crippen LogP contribution >= 0.6 is 11.6 Å². The fraction of sp³-hybridized carbons (Fsp3) is 0.208. The molecule has 0 aromatic heterocycles. The van der Waals surface area contributed by atoms with Gasteiger partial charge in [0.1, 0.15) is 0 Å². The van der Waals surface area contributed by atoms with Gasteiger partial charge in [0.2, 0.25) is 10.0 Å². The van der Waals surface area contributed by atoms with Crippen LogP contribution in [-0.4, -0.2) is 27.1 Å². The Labute approximate surface area is 188 Å². The Kier molecular flexibility index (Phi) is 7.36. The minimum absolute atomic E-state index is 0.177. The largest absolute Gasteiger partial charge is 0.351 e. The van der Waals surface area contributed by atoms with Gasteiger partial charge in [0.15, 0.2) is 0 Å². The van der Waals surface area contributed by atoms with Crippen molar-refractivity contribution in [2.45, 2.75) is 19.4 Å². The molecule has 1 atom stereocenters. The standard InChI is InChI=1S/C24H25ClN2O3S/c1-18(20-6-4-3-5-7-20)16-26-24(28)21-10-14-23(15-11-21)27(31(2,29)30)17-19-8-12-22(25)13-9-19/h3-15,18H,16-17H2,1-2H3,(H,26,28). The van der Waals surface area contributed by atoms with Crippen molar-refractivity contribution in [3.63, 3.8) is 0 Å². The molecule has 5 nitrogen and oxygen atoms in total. The van der Waals surface area contributed by atoms with Gasteiger partial charge in [0.05, 0.1) is 18.5 Å². The summed E-state index contributed by atoms with van der Waals surface area (Å²) in [4.78, 5) is 12.5. The number of sulfonamides is 1. The third kappa shape index (κ3) is 6.32. The molecule has 0 heterocycles. The number of benzene rings is 3. The Balaban J connectivity index is 1.69. The zero-order valence-corrected chi connectivity index (χ0v) is 19.0. The molecule has 0 aliphatic rings. The summed E-state index contributed by atoms with van der Waals surface area (Å²) in [5, 5.41) is 3.53. The van der Waals surface area contributed by atoms with E-state index in [4.69, 9.17) is 11.6 Å². The van der Waals surface area contributed by atoms with E-state index in [0.29, 0.717) is 22.8 Å². The summed E-state index contributed by atoms with van der Waals surface area (Å²) >= 11 is 5.91. The maximum absolute atomic E-state index is 12.5. The summed E-state index contributed by atoms with van der Waals surface area (Å²) in [7, 11) is -3.51. The second-order valence-corrected chi connectivity index (χ2v) is 9.81. The molecule has 0 aliphatic carbocycles. The quantitative estimate of drug-likeness (QED) is 0.527. The van der Waals surface area contributed by atoms with Crippen LogP contribution in [0.15, 0.2) is 78.9 Å². The van der Waals surface area contributed by atoms with Crippen molar-refractivity contribution >= 4 is 33.2 Å². The van der Waals surface area contributed by atoms with Crippen LogP contribution in [0.3, 0.4) is 0 Å². The molecule has 0 saturated heterocycles. The maximum Gasteiger partial charge on any atom is 0.251 e. The second-order valence-electron chi connectivity index (χ2n) is 7.46. The topological polar surface area (TPSA) is 66.5 Å². The lowest BCUT2D eigenvalue weighted by Gasteiger charge is -2.23. The first-order valence-electron chi connectivity index (χ1n) is 9.89. The van der Waals surface area contributed by atoms with Gasteiger partial charge in [-0.05, 0) is 53.4 Å². The lowest BCUT2D eigenvalue weighted by Crippen LogP contribution is -2.30. The molecular formula is C24H25ClN2O3S. The predicted octanol–water partition coefficient (Wildman–Crippen LogP) is 4.84. The van der Waals surface area contributed by atoms with Gasteiger partial charge in [-0.2, -0.15) is 0 Å². The molecular weight excluding hydrogens is 432 g/mol. The number of carbonyl (C=O) groups excluding carboxylic acids is 1. The molecule has 1 amide bonds. The average molecular weight is 457 g/mol. The lowest BCUT2D eigenvalue weighted by molar-refractivity contribution is 0.0951. The number of nitrogens with zero attached hydrogens (tertiary/aromatic N) is 1. The van der Waals surface area contributed by atoms with E-state index in [1.807, 2.05) is 30.3 Å². The Morgan fingerprint density at radius 1 is 0.968 bits per heavy atom. The van der Waals surface area contributed by atoms with Crippen molar-refractivity contribution in [3.05, 3.63) is 101 Å². The zero-order chi connectivity index (χ0) is 22.4. The number of carbonyl (C=O) groups is 1. The number of hydrogen-bond acceptors (Lipinski definition) is 3. The van der Waals surface area contributed by atoms with E-state index in [1.165, 1.54) is 4.31 Å². The maximum atomic E-state index is 12.5. The first-order chi connectivity index (χ1) is 14.7. The predicted molar refractivity (Wildman–Crippen MR) is 126 cm³/mol. The van der Waals surface area contributed by atoms with Gasteiger partial charge in [-0.25, -0.2) is 8.42 Å². The molecule has 7 heteroatoms. The number of hydrogen-bond donors (Lipinski definition) is 1. The Bertz CT molecular complexity index is 1120. The minimum atomic E-state index is -3.51. The van der Waals surface area contributed by atoms with Gasteiger partial charge in [-0.1, -0.05) is 61.0 Å². The molecule has 0 aliphatic heterocycles. The van der Waals surface area contributed by atoms with Gasteiger partial charge in [-0.3, -0.25) is 9.10 Å². The highest BCUT2D eigenvalue weighted by molar-refractivity contribution is 7.92. The summed E-state index contributed by atoms with van der Waals surface area (Å²) in [6.07, 6.45) is 1.16. The molecule has 0 fully saturated rings. The van der Waals surface area contributed by atoms with E-state index in [2.05, 4.69) is 12.2 Å². The Morgan fingerprint density at radius 3 is 2.16 bits per heavy atom. The Morgan fingerprint density at radius 2 is 1.58 bits per heavy atom. The number of rotatable bonds is 8. The number of halogens is 1. The van der Waals surface area contributed by atoms with Crippen molar-refractivity contribution < 1.29 is 13.2 Å². The van der Waals surface area contributed by atoms with E-state index < -0.39 is 10.0 Å². The zero-order valence-electron chi connectivity index (χ0n) is 17.5. The van der Waals surface area contributed by atoms with Crippen LogP contribution in [0.2, 0.25) is 5.02 Å². The summed E-state index contributed by atoms with van der Waals surface area (Å²) in [5.41, 5.74) is 2.94. The highest BCUT2D eigenvalue weighted by Crippen LogP contribution is 2.22. The molecule has 3 rings (SSSR count). The number of amides is 1. The first-order valence-corrected chi connectivity index (χ1v) is 12.1. The van der Waals surface area contributed by atoms with Crippen LogP contribution < -0.4 is 9.62 Å². The molecule has 3 aromatic carbocycles. The molecule has 1 unspecified atom stereocenters. The number of anilines is 1.